The van der Waals surface area contributed by atoms with Crippen molar-refractivity contribution in [2.75, 3.05) is 50.1 Å². The zero-order valence-corrected chi connectivity index (χ0v) is 19.5. The first kappa shape index (κ1) is 25.9. The van der Waals surface area contributed by atoms with Gasteiger partial charge in [0.25, 0.3) is 0 Å². The van der Waals surface area contributed by atoms with Gasteiger partial charge in [-0.3, -0.25) is 9.59 Å². The molecular weight excluding hydrogens is 432 g/mol. The van der Waals surface area contributed by atoms with Gasteiger partial charge in [0.15, 0.2) is 0 Å². The summed E-state index contributed by atoms with van der Waals surface area (Å²) in [6.45, 7) is 5.67. The second-order valence-corrected chi connectivity index (χ2v) is 9.17. The minimum absolute atomic E-state index is 0.127. The molecule has 176 valence electrons. The molecule has 32 heavy (non-hydrogen) atoms. The Hall–Kier alpha value is -2.34. The van der Waals surface area contributed by atoms with Gasteiger partial charge in [-0.15, -0.1) is 11.6 Å². The van der Waals surface area contributed by atoms with Crippen molar-refractivity contribution in [2.45, 2.75) is 32.8 Å². The van der Waals surface area contributed by atoms with Gasteiger partial charge in [0.2, 0.25) is 11.8 Å². The second kappa shape index (κ2) is 12.0. The third kappa shape index (κ3) is 7.09. The molecule has 2 amide bonds. The van der Waals surface area contributed by atoms with Crippen molar-refractivity contribution >= 4 is 29.1 Å². The van der Waals surface area contributed by atoms with Crippen molar-refractivity contribution in [2.24, 2.45) is 11.3 Å². The summed E-state index contributed by atoms with van der Waals surface area (Å²) in [5.41, 5.74) is 0.778. The van der Waals surface area contributed by atoms with Crippen LogP contribution in [0.3, 0.4) is 0 Å². The van der Waals surface area contributed by atoms with Crippen molar-refractivity contribution in [3.05, 3.63) is 29.8 Å². The zero-order chi connectivity index (χ0) is 23.7. The Labute approximate surface area is 194 Å². The maximum Gasteiger partial charge on any atom is 0.249 e. The largest absolute Gasteiger partial charge is 0.396 e. The minimum atomic E-state index is -1.34. The van der Waals surface area contributed by atoms with E-state index < -0.39 is 17.4 Å². The fourth-order valence-corrected chi connectivity index (χ4v) is 3.86. The van der Waals surface area contributed by atoms with Gasteiger partial charge < -0.3 is 25.3 Å². The number of hydrogen-bond acceptors (Lipinski definition) is 6. The van der Waals surface area contributed by atoms with Gasteiger partial charge in [0, 0.05) is 43.8 Å². The fraction of sp³-hybridized carbons (Fsp3) is 0.609. The summed E-state index contributed by atoms with van der Waals surface area (Å²) < 4.78 is 0. The van der Waals surface area contributed by atoms with Crippen molar-refractivity contribution in [1.82, 2.24) is 10.2 Å². The highest BCUT2D eigenvalue weighted by Crippen LogP contribution is 2.24. The van der Waals surface area contributed by atoms with Crippen LogP contribution in [-0.4, -0.2) is 78.2 Å². The molecule has 0 aliphatic carbocycles. The van der Waals surface area contributed by atoms with E-state index in [9.17, 15) is 19.8 Å². The lowest BCUT2D eigenvalue weighted by molar-refractivity contribution is -0.137. The van der Waals surface area contributed by atoms with Crippen LogP contribution in [0.15, 0.2) is 24.3 Å². The molecule has 1 aliphatic rings. The highest BCUT2D eigenvalue weighted by molar-refractivity contribution is 6.27. The van der Waals surface area contributed by atoms with E-state index in [0.29, 0.717) is 24.6 Å². The number of piperidine rings is 1. The number of carbonyl (C=O) groups is 2. The number of nitrogens with zero attached hydrogens (tertiary/aromatic N) is 3. The molecule has 0 aromatic heterocycles. The molecule has 0 saturated carbocycles. The van der Waals surface area contributed by atoms with Crippen molar-refractivity contribution in [3.63, 3.8) is 0 Å². The number of aliphatic hydroxyl groups is 2. The summed E-state index contributed by atoms with van der Waals surface area (Å²) in [6.07, 6.45) is 0.500. The van der Waals surface area contributed by atoms with Crippen LogP contribution >= 0.6 is 11.6 Å². The first-order valence-corrected chi connectivity index (χ1v) is 11.4. The van der Waals surface area contributed by atoms with Crippen LogP contribution in [0.25, 0.3) is 0 Å². The number of nitriles is 1. The monoisotopic (exact) mass is 464 g/mol. The quantitative estimate of drug-likeness (QED) is 0.450. The second-order valence-electron chi connectivity index (χ2n) is 8.90. The Morgan fingerprint density at radius 2 is 1.94 bits per heavy atom. The first-order valence-electron chi connectivity index (χ1n) is 10.9. The van der Waals surface area contributed by atoms with E-state index in [2.05, 4.69) is 16.3 Å². The lowest BCUT2D eigenvalue weighted by Gasteiger charge is -2.36. The molecule has 1 aromatic rings. The molecule has 2 rings (SSSR count). The molecule has 0 bridgehead atoms. The highest BCUT2D eigenvalue weighted by atomic mass is 35.5. The summed E-state index contributed by atoms with van der Waals surface area (Å²) >= 11 is 5.79. The number of aliphatic hydroxyl groups excluding tert-OH is 2. The summed E-state index contributed by atoms with van der Waals surface area (Å²) in [4.78, 5) is 28.4. The van der Waals surface area contributed by atoms with E-state index >= 15 is 0 Å². The molecule has 1 saturated heterocycles. The van der Waals surface area contributed by atoms with E-state index in [0.717, 1.165) is 31.6 Å². The van der Waals surface area contributed by atoms with Crippen LogP contribution in [0.5, 0.6) is 0 Å². The van der Waals surface area contributed by atoms with Gasteiger partial charge in [-0.1, -0.05) is 13.8 Å². The Bertz CT molecular complexity index is 801. The predicted molar refractivity (Wildman–Crippen MR) is 123 cm³/mol. The van der Waals surface area contributed by atoms with Crippen LogP contribution < -0.4 is 10.2 Å². The average molecular weight is 465 g/mol. The molecule has 1 aromatic carbocycles. The zero-order valence-electron chi connectivity index (χ0n) is 18.8. The molecule has 9 heteroatoms. The van der Waals surface area contributed by atoms with Crippen LogP contribution in [0, 0.1) is 22.7 Å². The Morgan fingerprint density at radius 3 is 2.47 bits per heavy atom. The number of halogens is 1. The third-order valence-electron chi connectivity index (χ3n) is 6.00. The molecule has 0 radical (unpaired) electrons. The SMILES string of the molecule is CC(C)(CO)C(O)C(=O)NCCN(CC1CCN(c2ccc(C#N)cc2)CC1)C(=O)CCl. The molecule has 1 aliphatic heterocycles. The Balaban J connectivity index is 1.84. The summed E-state index contributed by atoms with van der Waals surface area (Å²) in [5.74, 6) is -0.561. The molecular formula is C23H33ClN4O4. The van der Waals surface area contributed by atoms with Crippen LogP contribution in [0.1, 0.15) is 32.3 Å². The molecule has 1 fully saturated rings. The molecule has 1 heterocycles. The third-order valence-corrected chi connectivity index (χ3v) is 6.23. The average Bonchev–Trinajstić information content (AvgIpc) is 2.82. The topological polar surface area (TPSA) is 117 Å². The van der Waals surface area contributed by atoms with Gasteiger partial charge in [-0.25, -0.2) is 0 Å². The van der Waals surface area contributed by atoms with E-state index in [1.807, 2.05) is 24.3 Å². The number of alkyl halides is 1. The minimum Gasteiger partial charge on any atom is -0.396 e. The predicted octanol–water partition coefficient (Wildman–Crippen LogP) is 1.34. The smallest absolute Gasteiger partial charge is 0.249 e. The van der Waals surface area contributed by atoms with E-state index in [-0.39, 0.29) is 24.9 Å². The van der Waals surface area contributed by atoms with Crippen LogP contribution in [0.4, 0.5) is 5.69 Å². The van der Waals surface area contributed by atoms with Crippen molar-refractivity contribution in [1.29, 1.82) is 5.26 Å². The summed E-state index contributed by atoms with van der Waals surface area (Å²) in [5, 5.41) is 31.0. The normalized spacial score (nSPS) is 15.7. The number of nitrogens with one attached hydrogen (secondary N) is 1. The van der Waals surface area contributed by atoms with E-state index in [4.69, 9.17) is 16.9 Å². The lowest BCUT2D eigenvalue weighted by Crippen LogP contribution is -2.48. The van der Waals surface area contributed by atoms with Gasteiger partial charge in [-0.2, -0.15) is 5.26 Å². The molecule has 3 N–H and O–H groups in total. The van der Waals surface area contributed by atoms with Crippen molar-refractivity contribution in [3.8, 4) is 6.07 Å². The summed E-state index contributed by atoms with van der Waals surface area (Å²) in [6, 6.07) is 9.66. The number of anilines is 1. The van der Waals surface area contributed by atoms with Gasteiger partial charge in [0.05, 0.1) is 18.2 Å². The highest BCUT2D eigenvalue weighted by Gasteiger charge is 2.33. The van der Waals surface area contributed by atoms with Crippen molar-refractivity contribution < 1.29 is 19.8 Å². The molecule has 1 unspecified atom stereocenters. The molecule has 0 spiro atoms. The van der Waals surface area contributed by atoms with Crippen LogP contribution in [0.2, 0.25) is 0 Å². The number of rotatable bonds is 10. The summed E-state index contributed by atoms with van der Waals surface area (Å²) in [7, 11) is 0. The fourth-order valence-electron chi connectivity index (χ4n) is 3.69. The lowest BCUT2D eigenvalue weighted by atomic mass is 9.87. The first-order chi connectivity index (χ1) is 15.2. The van der Waals surface area contributed by atoms with Gasteiger partial charge in [-0.05, 0) is 43.0 Å². The standard InChI is InChI=1S/C23H33ClN4O4/c1-23(2,16-29)21(31)22(32)26-9-12-28(20(30)13-24)15-18-7-10-27(11-8-18)19-5-3-17(14-25)4-6-19/h3-6,18,21,29,31H,7-13,15-16H2,1-2H3,(H,26,32). The number of benzene rings is 1. The number of amides is 2. The molecule has 1 atom stereocenters. The maximum atomic E-state index is 12.3. The Morgan fingerprint density at radius 1 is 1.31 bits per heavy atom. The number of hydrogen-bond donors (Lipinski definition) is 3. The maximum absolute atomic E-state index is 12.3. The van der Waals surface area contributed by atoms with Gasteiger partial charge >= 0.3 is 0 Å². The number of carbonyl (C=O) groups excluding carboxylic acids is 2. The molecule has 8 nitrogen and oxygen atoms in total. The van der Waals surface area contributed by atoms with Gasteiger partial charge in [0.1, 0.15) is 12.0 Å². The Kier molecular flexibility index (Phi) is 9.76. The van der Waals surface area contributed by atoms with Crippen LogP contribution in [-0.2, 0) is 9.59 Å². The van der Waals surface area contributed by atoms with E-state index in [1.54, 1.807) is 18.7 Å². The van der Waals surface area contributed by atoms with E-state index in [1.165, 1.54) is 0 Å².